The third-order valence-electron chi connectivity index (χ3n) is 3.72. The molecule has 3 rings (SSSR count). The van der Waals surface area contributed by atoms with E-state index in [9.17, 15) is 14.5 Å². The number of phenols is 1. The van der Waals surface area contributed by atoms with Gasteiger partial charge in [-0.05, 0) is 40.9 Å². The zero-order valence-electron chi connectivity index (χ0n) is 12.1. The number of rotatable bonds is 4. The van der Waals surface area contributed by atoms with Gasteiger partial charge in [-0.3, -0.25) is 4.79 Å². The summed E-state index contributed by atoms with van der Waals surface area (Å²) in [6.45, 7) is 1.95. The predicted octanol–water partition coefficient (Wildman–Crippen LogP) is 3.86. The van der Waals surface area contributed by atoms with Crippen molar-refractivity contribution in [3.05, 3.63) is 47.0 Å². The fraction of sp³-hybridized carbons (Fsp3) is 0.235. The van der Waals surface area contributed by atoms with Crippen LogP contribution in [0.4, 0.5) is 0 Å². The number of fused-ring (bicyclic) bond motifs is 3. The first-order valence-corrected chi connectivity index (χ1v) is 8.91. The standard InChI is InChI=1S/C17H15ClO3S/c1-2-5-22(21)15-8-11(19)7-14-16(15)12-4-3-10(9-18)6-13(12)17(14)20/h3-4,6-8,19H,2,5,9H2,1H3. The van der Waals surface area contributed by atoms with E-state index in [0.29, 0.717) is 33.2 Å². The molecule has 3 nitrogen and oxygen atoms in total. The number of carbonyl (C=O) groups is 1. The summed E-state index contributed by atoms with van der Waals surface area (Å²) in [5.41, 5.74) is 3.30. The minimum Gasteiger partial charge on any atom is -0.611 e. The molecule has 5 heteroatoms. The molecule has 0 heterocycles. The highest BCUT2D eigenvalue weighted by molar-refractivity contribution is 7.91. The largest absolute Gasteiger partial charge is 0.611 e. The molecule has 0 radical (unpaired) electrons. The SMILES string of the molecule is CCC[S+]([O-])c1cc(O)cc2c1-c1ccc(CCl)cc1C2=O. The lowest BCUT2D eigenvalue weighted by Crippen LogP contribution is -2.08. The minimum absolute atomic E-state index is 0.0306. The second kappa shape index (κ2) is 5.95. The Balaban J connectivity index is 2.23. The Hall–Kier alpha value is -1.49. The molecule has 0 fully saturated rings. The average Bonchev–Trinajstić information content (AvgIpc) is 2.79. The number of aromatic hydroxyl groups is 1. The van der Waals surface area contributed by atoms with Crippen LogP contribution in [0.15, 0.2) is 35.2 Å². The Bertz CT molecular complexity index is 758. The van der Waals surface area contributed by atoms with Gasteiger partial charge in [0.25, 0.3) is 0 Å². The zero-order chi connectivity index (χ0) is 15.9. The zero-order valence-corrected chi connectivity index (χ0v) is 13.6. The van der Waals surface area contributed by atoms with Crippen LogP contribution in [0, 0.1) is 0 Å². The summed E-state index contributed by atoms with van der Waals surface area (Å²) in [7, 11) is 0. The van der Waals surface area contributed by atoms with Gasteiger partial charge in [-0.2, -0.15) is 0 Å². The van der Waals surface area contributed by atoms with Crippen molar-refractivity contribution in [3.8, 4) is 16.9 Å². The van der Waals surface area contributed by atoms with Crippen molar-refractivity contribution in [3.63, 3.8) is 0 Å². The molecule has 1 aliphatic rings. The maximum absolute atomic E-state index is 12.6. The van der Waals surface area contributed by atoms with Gasteiger partial charge in [-0.1, -0.05) is 19.1 Å². The van der Waals surface area contributed by atoms with Gasteiger partial charge in [0.15, 0.2) is 10.7 Å². The van der Waals surface area contributed by atoms with Crippen LogP contribution in [0.25, 0.3) is 11.1 Å². The van der Waals surface area contributed by atoms with E-state index in [1.165, 1.54) is 12.1 Å². The summed E-state index contributed by atoms with van der Waals surface area (Å²) < 4.78 is 12.5. The van der Waals surface area contributed by atoms with E-state index in [1.807, 2.05) is 19.1 Å². The van der Waals surface area contributed by atoms with E-state index in [1.54, 1.807) is 6.07 Å². The number of carbonyl (C=O) groups excluding carboxylic acids is 1. The quantitative estimate of drug-likeness (QED) is 0.582. The number of benzene rings is 2. The van der Waals surface area contributed by atoms with E-state index < -0.39 is 11.2 Å². The summed E-state index contributed by atoms with van der Waals surface area (Å²) in [5.74, 6) is 0.648. The third kappa shape index (κ3) is 2.41. The summed E-state index contributed by atoms with van der Waals surface area (Å²) in [6.07, 6.45) is 0.767. The van der Waals surface area contributed by atoms with E-state index in [2.05, 4.69) is 0 Å². The van der Waals surface area contributed by atoms with Crippen LogP contribution in [-0.2, 0) is 17.1 Å². The minimum atomic E-state index is -1.24. The number of hydrogen-bond donors (Lipinski definition) is 1. The molecule has 0 aliphatic heterocycles. The van der Waals surface area contributed by atoms with E-state index in [0.717, 1.165) is 17.5 Å². The molecule has 22 heavy (non-hydrogen) atoms. The Morgan fingerprint density at radius 1 is 1.18 bits per heavy atom. The summed E-state index contributed by atoms with van der Waals surface area (Å²) in [6, 6.07) is 8.44. The van der Waals surface area contributed by atoms with Gasteiger partial charge in [0.1, 0.15) is 11.5 Å². The molecule has 114 valence electrons. The van der Waals surface area contributed by atoms with Crippen molar-refractivity contribution < 1.29 is 14.5 Å². The van der Waals surface area contributed by atoms with Gasteiger partial charge >= 0.3 is 0 Å². The summed E-state index contributed by atoms with van der Waals surface area (Å²) >= 11 is 4.59. The van der Waals surface area contributed by atoms with Gasteiger partial charge in [-0.15, -0.1) is 11.6 Å². The Kier molecular flexibility index (Phi) is 4.17. The van der Waals surface area contributed by atoms with Gasteiger partial charge in [0.05, 0.1) is 0 Å². The highest BCUT2D eigenvalue weighted by atomic mass is 35.5. The second-order valence-corrected chi connectivity index (χ2v) is 7.07. The highest BCUT2D eigenvalue weighted by Crippen LogP contribution is 2.43. The van der Waals surface area contributed by atoms with Crippen LogP contribution in [0.2, 0.25) is 0 Å². The van der Waals surface area contributed by atoms with Crippen molar-refractivity contribution >= 4 is 28.6 Å². The van der Waals surface area contributed by atoms with Crippen LogP contribution in [0.3, 0.4) is 0 Å². The van der Waals surface area contributed by atoms with Gasteiger partial charge < -0.3 is 9.66 Å². The van der Waals surface area contributed by atoms with Crippen molar-refractivity contribution in [1.82, 2.24) is 0 Å². The first kappa shape index (κ1) is 15.4. The number of hydrogen-bond acceptors (Lipinski definition) is 3. The molecule has 1 unspecified atom stereocenters. The molecule has 2 aromatic rings. The molecular weight excluding hydrogens is 320 g/mol. The van der Waals surface area contributed by atoms with Crippen LogP contribution < -0.4 is 0 Å². The molecule has 0 aromatic heterocycles. The average molecular weight is 335 g/mol. The fourth-order valence-corrected chi connectivity index (χ4v) is 4.21. The lowest BCUT2D eigenvalue weighted by molar-refractivity contribution is 0.104. The molecule has 1 aliphatic carbocycles. The first-order chi connectivity index (χ1) is 10.6. The molecule has 1 atom stereocenters. The summed E-state index contributed by atoms with van der Waals surface area (Å²) in [5, 5.41) is 9.88. The van der Waals surface area contributed by atoms with Crippen LogP contribution >= 0.6 is 11.6 Å². The molecule has 0 amide bonds. The molecule has 0 bridgehead atoms. The van der Waals surface area contributed by atoms with E-state index >= 15 is 0 Å². The normalized spacial score (nSPS) is 13.9. The smallest absolute Gasteiger partial charge is 0.194 e. The molecule has 0 saturated heterocycles. The van der Waals surface area contributed by atoms with Gasteiger partial charge in [-0.25, -0.2) is 0 Å². The maximum atomic E-state index is 12.6. The third-order valence-corrected chi connectivity index (χ3v) is 5.62. The molecule has 1 N–H and O–H groups in total. The van der Waals surface area contributed by atoms with Crippen molar-refractivity contribution in [2.45, 2.75) is 24.1 Å². The van der Waals surface area contributed by atoms with Crippen LogP contribution in [-0.4, -0.2) is 21.2 Å². The monoisotopic (exact) mass is 334 g/mol. The first-order valence-electron chi connectivity index (χ1n) is 7.06. The lowest BCUT2D eigenvalue weighted by Gasteiger charge is -2.14. The maximum Gasteiger partial charge on any atom is 0.194 e. The Labute approximate surface area is 137 Å². The van der Waals surface area contributed by atoms with E-state index in [4.69, 9.17) is 11.6 Å². The van der Waals surface area contributed by atoms with Crippen molar-refractivity contribution in [1.29, 1.82) is 0 Å². The number of alkyl halides is 1. The molecule has 0 spiro atoms. The number of phenolic OH excluding ortho intramolecular Hbond substituents is 1. The predicted molar refractivity (Wildman–Crippen MR) is 88.1 cm³/mol. The Morgan fingerprint density at radius 3 is 2.64 bits per heavy atom. The molecule has 0 saturated carbocycles. The number of ketones is 1. The molecule has 2 aromatic carbocycles. The fourth-order valence-electron chi connectivity index (χ4n) is 2.76. The summed E-state index contributed by atoms with van der Waals surface area (Å²) in [4.78, 5) is 13.1. The topological polar surface area (TPSA) is 60.4 Å². The van der Waals surface area contributed by atoms with Gasteiger partial charge in [0, 0.05) is 28.6 Å². The van der Waals surface area contributed by atoms with Gasteiger partial charge in [0.2, 0.25) is 0 Å². The Morgan fingerprint density at radius 2 is 1.95 bits per heavy atom. The van der Waals surface area contributed by atoms with E-state index in [-0.39, 0.29) is 11.5 Å². The van der Waals surface area contributed by atoms with Crippen LogP contribution in [0.1, 0.15) is 34.8 Å². The highest BCUT2D eigenvalue weighted by Gasteiger charge is 2.33. The molecular formula is C17H15ClO3S. The second-order valence-electron chi connectivity index (χ2n) is 5.26. The van der Waals surface area contributed by atoms with Crippen molar-refractivity contribution in [2.75, 3.05) is 5.75 Å². The van der Waals surface area contributed by atoms with Crippen LogP contribution in [0.5, 0.6) is 5.75 Å². The lowest BCUT2D eigenvalue weighted by atomic mass is 10.0. The van der Waals surface area contributed by atoms with Crippen molar-refractivity contribution in [2.24, 2.45) is 0 Å². The number of halogens is 1.